The number of esters is 1. The van der Waals surface area contributed by atoms with Crippen LogP contribution >= 0.6 is 0 Å². The molecule has 0 saturated carbocycles. The van der Waals surface area contributed by atoms with E-state index in [-0.39, 0.29) is 25.4 Å². The van der Waals surface area contributed by atoms with Crippen LogP contribution in [-0.4, -0.2) is 36.3 Å². The minimum Gasteiger partial charge on any atom is -0.460 e. The molecule has 2 aromatic carbocycles. The summed E-state index contributed by atoms with van der Waals surface area (Å²) in [6.07, 6.45) is -0.929. The maximum Gasteiger partial charge on any atom is 0.407 e. The first-order chi connectivity index (χ1) is 15.2. The van der Waals surface area contributed by atoms with Gasteiger partial charge in [-0.15, -0.1) is 0 Å². The molecule has 3 N–H and O–H groups in total. The highest BCUT2D eigenvalue weighted by Gasteiger charge is 2.30. The van der Waals surface area contributed by atoms with Crippen molar-refractivity contribution in [3.63, 3.8) is 0 Å². The second-order valence-corrected chi connectivity index (χ2v) is 8.58. The zero-order valence-corrected chi connectivity index (χ0v) is 18.4. The van der Waals surface area contributed by atoms with Gasteiger partial charge >= 0.3 is 18.0 Å². The van der Waals surface area contributed by atoms with Crippen LogP contribution in [-0.2, 0) is 23.9 Å². The van der Waals surface area contributed by atoms with Gasteiger partial charge in [-0.3, -0.25) is 4.79 Å². The van der Waals surface area contributed by atoms with E-state index in [9.17, 15) is 14.4 Å². The lowest BCUT2D eigenvalue weighted by Gasteiger charge is -2.21. The molecule has 0 aliphatic heterocycles. The molecule has 1 atom stereocenters. The van der Waals surface area contributed by atoms with Gasteiger partial charge in [-0.2, -0.15) is 5.90 Å². The predicted molar refractivity (Wildman–Crippen MR) is 117 cm³/mol. The van der Waals surface area contributed by atoms with Crippen molar-refractivity contribution in [1.82, 2.24) is 5.32 Å². The number of hydrogen-bond donors (Lipinski definition) is 2. The summed E-state index contributed by atoms with van der Waals surface area (Å²) in [5, 5.41) is 2.43. The summed E-state index contributed by atoms with van der Waals surface area (Å²) in [5.41, 5.74) is 3.72. The molecule has 0 spiro atoms. The number of nitrogens with one attached hydrogen (secondary N) is 1. The average molecular weight is 440 g/mol. The smallest absolute Gasteiger partial charge is 0.407 e. The lowest BCUT2D eigenvalue weighted by Crippen LogP contribution is -2.43. The van der Waals surface area contributed by atoms with E-state index in [2.05, 4.69) is 10.2 Å². The van der Waals surface area contributed by atoms with Crippen LogP contribution < -0.4 is 11.2 Å². The molecule has 1 amide bonds. The Kier molecular flexibility index (Phi) is 7.15. The SMILES string of the molecule is CC(C)(C)OC(=O)CC[C@@H](NC(=O)OCC1c2ccccc2-c2ccccc21)C(=O)ON. The lowest BCUT2D eigenvalue weighted by molar-refractivity contribution is -0.155. The normalized spacial score (nSPS) is 13.5. The third kappa shape index (κ3) is 5.64. The number of ether oxygens (including phenoxy) is 2. The Hall–Kier alpha value is -3.39. The van der Waals surface area contributed by atoms with E-state index in [1.807, 2.05) is 48.5 Å². The van der Waals surface area contributed by atoms with E-state index in [1.54, 1.807) is 20.8 Å². The first-order valence-corrected chi connectivity index (χ1v) is 10.4. The lowest BCUT2D eigenvalue weighted by atomic mass is 9.98. The van der Waals surface area contributed by atoms with Crippen molar-refractivity contribution >= 4 is 18.0 Å². The Morgan fingerprint density at radius 2 is 1.56 bits per heavy atom. The van der Waals surface area contributed by atoms with Gasteiger partial charge in [-0.25, -0.2) is 9.59 Å². The molecule has 0 radical (unpaired) electrons. The second-order valence-electron chi connectivity index (χ2n) is 8.58. The number of benzene rings is 2. The van der Waals surface area contributed by atoms with Crippen molar-refractivity contribution in [3.8, 4) is 11.1 Å². The van der Waals surface area contributed by atoms with Gasteiger partial charge in [0, 0.05) is 12.3 Å². The van der Waals surface area contributed by atoms with Gasteiger partial charge in [-0.05, 0) is 49.4 Å². The first kappa shape index (κ1) is 23.3. The summed E-state index contributed by atoms with van der Waals surface area (Å²) >= 11 is 0. The topological polar surface area (TPSA) is 117 Å². The molecule has 0 bridgehead atoms. The number of rotatable bonds is 7. The summed E-state index contributed by atoms with van der Waals surface area (Å²) in [5.74, 6) is 3.49. The Labute approximate surface area is 187 Å². The molecular formula is C24H28N2O6. The summed E-state index contributed by atoms with van der Waals surface area (Å²) < 4.78 is 10.7. The predicted octanol–water partition coefficient (Wildman–Crippen LogP) is 3.43. The van der Waals surface area contributed by atoms with Crippen LogP contribution in [0.2, 0.25) is 0 Å². The van der Waals surface area contributed by atoms with Gasteiger partial charge in [0.15, 0.2) is 0 Å². The molecule has 1 aliphatic rings. The van der Waals surface area contributed by atoms with E-state index in [4.69, 9.17) is 15.4 Å². The van der Waals surface area contributed by atoms with Crippen LogP contribution in [0.15, 0.2) is 48.5 Å². The van der Waals surface area contributed by atoms with E-state index < -0.39 is 29.7 Å². The van der Waals surface area contributed by atoms with Gasteiger partial charge in [0.05, 0.1) is 0 Å². The number of alkyl carbamates (subject to hydrolysis) is 1. The third-order valence-electron chi connectivity index (χ3n) is 5.09. The van der Waals surface area contributed by atoms with E-state index in [0.29, 0.717) is 0 Å². The summed E-state index contributed by atoms with van der Waals surface area (Å²) in [6.45, 7) is 5.32. The number of carbonyl (C=O) groups is 3. The van der Waals surface area contributed by atoms with Gasteiger partial charge < -0.3 is 19.6 Å². The molecule has 0 fully saturated rings. The molecule has 2 aromatic rings. The van der Waals surface area contributed by atoms with Crippen molar-refractivity contribution in [2.75, 3.05) is 6.61 Å². The molecule has 0 aromatic heterocycles. The summed E-state index contributed by atoms with van der Waals surface area (Å²) in [4.78, 5) is 40.6. The number of amides is 1. The highest BCUT2D eigenvalue weighted by molar-refractivity contribution is 5.82. The molecule has 8 heteroatoms. The van der Waals surface area contributed by atoms with Crippen LogP contribution in [0.3, 0.4) is 0 Å². The summed E-state index contributed by atoms with van der Waals surface area (Å²) in [7, 11) is 0. The van der Waals surface area contributed by atoms with Crippen LogP contribution in [0.5, 0.6) is 0 Å². The van der Waals surface area contributed by atoms with Gasteiger partial charge in [0.2, 0.25) is 0 Å². The van der Waals surface area contributed by atoms with Crippen LogP contribution in [0.4, 0.5) is 4.79 Å². The van der Waals surface area contributed by atoms with Crippen molar-refractivity contribution in [2.45, 2.75) is 51.2 Å². The Morgan fingerprint density at radius 3 is 2.09 bits per heavy atom. The molecule has 3 rings (SSSR count). The van der Waals surface area contributed by atoms with Gasteiger partial charge in [0.1, 0.15) is 18.2 Å². The van der Waals surface area contributed by atoms with Crippen molar-refractivity contribution in [1.29, 1.82) is 0 Å². The molecule has 0 heterocycles. The van der Waals surface area contributed by atoms with Gasteiger partial charge in [-0.1, -0.05) is 48.5 Å². The minimum absolute atomic E-state index is 0.0326. The molecule has 8 nitrogen and oxygen atoms in total. The van der Waals surface area contributed by atoms with Crippen LogP contribution in [0.1, 0.15) is 50.7 Å². The van der Waals surface area contributed by atoms with E-state index in [1.165, 1.54) is 0 Å². The monoisotopic (exact) mass is 440 g/mol. The molecular weight excluding hydrogens is 412 g/mol. The molecule has 32 heavy (non-hydrogen) atoms. The standard InChI is InChI=1S/C24H28N2O6/c1-24(2,3)31-21(27)13-12-20(22(28)32-25)26-23(29)30-14-19-17-10-6-4-8-15(17)16-9-5-7-11-18(16)19/h4-11,19-20H,12-14,25H2,1-3H3,(H,26,29)/t20-/m1/s1. The maximum atomic E-state index is 12.4. The second kappa shape index (κ2) is 9.82. The number of carbonyl (C=O) groups excluding carboxylic acids is 3. The summed E-state index contributed by atoms with van der Waals surface area (Å²) in [6, 6.07) is 14.8. The van der Waals surface area contributed by atoms with E-state index >= 15 is 0 Å². The largest absolute Gasteiger partial charge is 0.460 e. The fourth-order valence-corrected chi connectivity index (χ4v) is 3.77. The molecule has 170 valence electrons. The van der Waals surface area contributed by atoms with Crippen LogP contribution in [0.25, 0.3) is 11.1 Å². The van der Waals surface area contributed by atoms with Crippen molar-refractivity contribution in [3.05, 3.63) is 59.7 Å². The molecule has 1 aliphatic carbocycles. The van der Waals surface area contributed by atoms with Gasteiger partial charge in [0.25, 0.3) is 0 Å². The fourth-order valence-electron chi connectivity index (χ4n) is 3.77. The zero-order valence-electron chi connectivity index (χ0n) is 18.4. The fraction of sp³-hybridized carbons (Fsp3) is 0.375. The highest BCUT2D eigenvalue weighted by atomic mass is 16.7. The minimum atomic E-state index is -1.14. The van der Waals surface area contributed by atoms with E-state index in [0.717, 1.165) is 22.3 Å². The number of hydrogen-bond acceptors (Lipinski definition) is 7. The third-order valence-corrected chi connectivity index (χ3v) is 5.09. The maximum absolute atomic E-state index is 12.4. The molecule has 0 saturated heterocycles. The zero-order chi connectivity index (χ0) is 23.3. The quantitative estimate of drug-likeness (QED) is 0.500. The average Bonchev–Trinajstić information content (AvgIpc) is 3.07. The van der Waals surface area contributed by atoms with Crippen molar-refractivity contribution in [2.24, 2.45) is 5.90 Å². The van der Waals surface area contributed by atoms with Crippen molar-refractivity contribution < 1.29 is 28.7 Å². The molecule has 0 unspecified atom stereocenters. The number of fused-ring (bicyclic) bond motifs is 3. The Balaban J connectivity index is 1.61. The first-order valence-electron chi connectivity index (χ1n) is 10.4. The van der Waals surface area contributed by atoms with Crippen LogP contribution in [0, 0.1) is 0 Å². The highest BCUT2D eigenvalue weighted by Crippen LogP contribution is 2.44. The Bertz CT molecular complexity index is 952. The Morgan fingerprint density at radius 1 is 1.00 bits per heavy atom. The number of nitrogens with two attached hydrogens (primary N) is 1.